The van der Waals surface area contributed by atoms with Gasteiger partial charge in [-0.05, 0) is 29.9 Å². The number of benzene rings is 2. The molecule has 2 aromatic rings. The van der Waals surface area contributed by atoms with Crippen LogP contribution in [0, 0.1) is 5.92 Å². The number of rotatable bonds is 5. The van der Waals surface area contributed by atoms with Crippen molar-refractivity contribution in [3.63, 3.8) is 0 Å². The van der Waals surface area contributed by atoms with Crippen molar-refractivity contribution in [2.24, 2.45) is 5.92 Å². The molecular formula is C21H24N2O4S. The third-order valence-electron chi connectivity index (χ3n) is 5.47. The fourth-order valence-corrected chi connectivity index (χ4v) is 5.96. The number of amides is 2. The maximum atomic E-state index is 13.2. The molecule has 2 heterocycles. The van der Waals surface area contributed by atoms with Crippen molar-refractivity contribution in [2.75, 3.05) is 29.5 Å². The first kappa shape index (κ1) is 18.9. The first-order chi connectivity index (χ1) is 13.3. The van der Waals surface area contributed by atoms with E-state index in [9.17, 15) is 18.0 Å². The summed E-state index contributed by atoms with van der Waals surface area (Å²) in [5.74, 6) is -0.0397. The summed E-state index contributed by atoms with van der Waals surface area (Å²) < 4.78 is 23.8. The lowest BCUT2D eigenvalue weighted by Crippen LogP contribution is -2.48. The predicted octanol–water partition coefficient (Wildman–Crippen LogP) is 2.47. The van der Waals surface area contributed by atoms with Gasteiger partial charge < -0.3 is 4.90 Å². The van der Waals surface area contributed by atoms with Crippen molar-refractivity contribution in [3.05, 3.63) is 42.0 Å². The Morgan fingerprint density at radius 3 is 2.57 bits per heavy atom. The molecule has 1 atom stereocenters. The molecule has 1 saturated heterocycles. The molecule has 2 aliphatic heterocycles. The van der Waals surface area contributed by atoms with Crippen molar-refractivity contribution in [2.45, 2.75) is 26.3 Å². The molecule has 1 fully saturated rings. The zero-order chi connectivity index (χ0) is 20.1. The van der Waals surface area contributed by atoms with Gasteiger partial charge in [0.25, 0.3) is 5.91 Å². The molecular weight excluding hydrogens is 376 g/mol. The number of hydrogen-bond acceptors (Lipinski definition) is 4. The van der Waals surface area contributed by atoms with Crippen molar-refractivity contribution in [3.8, 4) is 0 Å². The lowest BCUT2D eigenvalue weighted by Gasteiger charge is -2.31. The summed E-state index contributed by atoms with van der Waals surface area (Å²) in [6.45, 7) is 4.41. The van der Waals surface area contributed by atoms with Gasteiger partial charge >= 0.3 is 0 Å². The second-order valence-electron chi connectivity index (χ2n) is 8.07. The number of carbonyl (C=O) groups is 2. The van der Waals surface area contributed by atoms with Gasteiger partial charge in [0.05, 0.1) is 17.2 Å². The molecule has 2 amide bonds. The van der Waals surface area contributed by atoms with Gasteiger partial charge in [0, 0.05) is 23.5 Å². The molecule has 2 aliphatic rings. The quantitative estimate of drug-likeness (QED) is 0.773. The normalized spacial score (nSPS) is 20.3. The minimum absolute atomic E-state index is 0.00914. The highest BCUT2D eigenvalue weighted by Gasteiger charge is 2.37. The van der Waals surface area contributed by atoms with Crippen molar-refractivity contribution in [1.82, 2.24) is 4.90 Å². The van der Waals surface area contributed by atoms with Gasteiger partial charge in [-0.3, -0.25) is 14.5 Å². The third kappa shape index (κ3) is 3.28. The first-order valence-corrected chi connectivity index (χ1v) is 11.4. The average Bonchev–Trinajstić information content (AvgIpc) is 3.13. The van der Waals surface area contributed by atoms with E-state index in [-0.39, 0.29) is 41.8 Å². The summed E-state index contributed by atoms with van der Waals surface area (Å²) in [4.78, 5) is 29.3. The number of carbonyl (C=O) groups excluding carboxylic acids is 2. The minimum atomic E-state index is -3.10. The van der Waals surface area contributed by atoms with Crippen LogP contribution in [0.15, 0.2) is 36.4 Å². The molecule has 2 aromatic carbocycles. The Bertz CT molecular complexity index is 1060. The van der Waals surface area contributed by atoms with Crippen LogP contribution in [0.4, 0.5) is 5.69 Å². The molecule has 4 rings (SSSR count). The average molecular weight is 401 g/mol. The van der Waals surface area contributed by atoms with E-state index in [0.717, 1.165) is 16.5 Å². The summed E-state index contributed by atoms with van der Waals surface area (Å²) >= 11 is 0. The van der Waals surface area contributed by atoms with E-state index in [1.807, 2.05) is 44.2 Å². The van der Waals surface area contributed by atoms with Gasteiger partial charge in [-0.2, -0.15) is 0 Å². The number of sulfone groups is 1. The molecule has 0 spiro atoms. The second kappa shape index (κ2) is 6.88. The van der Waals surface area contributed by atoms with Crippen LogP contribution >= 0.6 is 0 Å². The summed E-state index contributed by atoms with van der Waals surface area (Å²) in [5.41, 5.74) is 1.36. The maximum absolute atomic E-state index is 13.2. The first-order valence-electron chi connectivity index (χ1n) is 9.60. The third-order valence-corrected chi connectivity index (χ3v) is 7.22. The molecule has 0 radical (unpaired) electrons. The zero-order valence-corrected chi connectivity index (χ0v) is 16.9. The largest absolute Gasteiger partial charge is 0.337 e. The predicted molar refractivity (Wildman–Crippen MR) is 109 cm³/mol. The molecule has 0 bridgehead atoms. The van der Waals surface area contributed by atoms with Crippen LogP contribution in [-0.4, -0.2) is 55.8 Å². The number of anilines is 1. The summed E-state index contributed by atoms with van der Waals surface area (Å²) in [6.07, 6.45) is 0.463. The Labute approximate surface area is 165 Å². The fraction of sp³-hybridized carbons (Fsp3) is 0.429. The Balaban J connectivity index is 1.62. The molecule has 0 saturated carbocycles. The molecule has 0 aromatic heterocycles. The highest BCUT2D eigenvalue weighted by atomic mass is 32.2. The van der Waals surface area contributed by atoms with E-state index in [4.69, 9.17) is 0 Å². The lowest BCUT2D eigenvalue weighted by molar-refractivity contribution is -0.132. The molecule has 28 heavy (non-hydrogen) atoms. The van der Waals surface area contributed by atoms with Crippen LogP contribution < -0.4 is 4.90 Å². The van der Waals surface area contributed by atoms with Gasteiger partial charge in [-0.15, -0.1) is 0 Å². The smallest absolute Gasteiger partial charge is 0.259 e. The Morgan fingerprint density at radius 1 is 1.21 bits per heavy atom. The van der Waals surface area contributed by atoms with Crippen LogP contribution in [0.3, 0.4) is 0 Å². The minimum Gasteiger partial charge on any atom is -0.337 e. The van der Waals surface area contributed by atoms with Crippen molar-refractivity contribution < 1.29 is 18.0 Å². The van der Waals surface area contributed by atoms with Crippen molar-refractivity contribution >= 4 is 38.1 Å². The van der Waals surface area contributed by atoms with E-state index in [1.54, 1.807) is 11.0 Å². The maximum Gasteiger partial charge on any atom is 0.259 e. The molecule has 6 nitrogen and oxygen atoms in total. The molecule has 0 aliphatic carbocycles. The van der Waals surface area contributed by atoms with Crippen LogP contribution in [0.2, 0.25) is 0 Å². The number of hydrogen-bond donors (Lipinski definition) is 0. The Morgan fingerprint density at radius 2 is 1.93 bits per heavy atom. The summed E-state index contributed by atoms with van der Waals surface area (Å²) in [6, 6.07) is 11.0. The van der Waals surface area contributed by atoms with Crippen LogP contribution in [0.25, 0.3) is 10.8 Å². The molecule has 1 unspecified atom stereocenters. The van der Waals surface area contributed by atoms with E-state index >= 15 is 0 Å². The Hall–Kier alpha value is -2.41. The van der Waals surface area contributed by atoms with Crippen LogP contribution in [0.1, 0.15) is 30.6 Å². The lowest BCUT2D eigenvalue weighted by atomic mass is 10.1. The second-order valence-corrected chi connectivity index (χ2v) is 10.3. The number of nitrogens with zero attached hydrogens (tertiary/aromatic N) is 2. The SMILES string of the molecule is CC(C)CN(C(=O)CN1C(=O)c2cccc3cccc1c23)C1CCS(=O)(=O)C1. The van der Waals surface area contributed by atoms with Gasteiger partial charge in [0.15, 0.2) is 9.84 Å². The van der Waals surface area contributed by atoms with Crippen molar-refractivity contribution in [1.29, 1.82) is 0 Å². The highest BCUT2D eigenvalue weighted by Crippen LogP contribution is 2.37. The standard InChI is InChI=1S/C21H24N2O4S/c1-14(2)11-22(16-9-10-28(26,27)13-16)19(24)12-23-18-8-4-6-15-5-3-7-17(20(15)18)21(23)25/h3-8,14,16H,9-13H2,1-2H3. The van der Waals surface area contributed by atoms with Gasteiger partial charge in [0.1, 0.15) is 6.54 Å². The van der Waals surface area contributed by atoms with E-state index in [0.29, 0.717) is 18.5 Å². The zero-order valence-electron chi connectivity index (χ0n) is 16.1. The Kier molecular flexibility index (Phi) is 4.65. The summed E-state index contributed by atoms with van der Waals surface area (Å²) in [5, 5.41) is 1.85. The van der Waals surface area contributed by atoms with Gasteiger partial charge in [-0.1, -0.05) is 38.1 Å². The van der Waals surface area contributed by atoms with E-state index in [1.165, 1.54) is 4.90 Å². The van der Waals surface area contributed by atoms with Gasteiger partial charge in [-0.25, -0.2) is 8.42 Å². The highest BCUT2D eigenvalue weighted by molar-refractivity contribution is 7.91. The molecule has 0 N–H and O–H groups in total. The topological polar surface area (TPSA) is 74.8 Å². The van der Waals surface area contributed by atoms with E-state index < -0.39 is 9.84 Å². The van der Waals surface area contributed by atoms with Crippen LogP contribution in [0.5, 0.6) is 0 Å². The molecule has 7 heteroatoms. The fourth-order valence-electron chi connectivity index (χ4n) is 4.23. The van der Waals surface area contributed by atoms with Gasteiger partial charge in [0.2, 0.25) is 5.91 Å². The monoisotopic (exact) mass is 400 g/mol. The van der Waals surface area contributed by atoms with E-state index in [2.05, 4.69) is 0 Å². The summed E-state index contributed by atoms with van der Waals surface area (Å²) in [7, 11) is -3.10. The molecule has 148 valence electrons. The van der Waals surface area contributed by atoms with Crippen LogP contribution in [-0.2, 0) is 14.6 Å².